The van der Waals surface area contributed by atoms with Crippen LogP contribution in [0.1, 0.15) is 29.9 Å². The number of aromatic nitrogens is 2. The fourth-order valence-corrected chi connectivity index (χ4v) is 4.53. The molecule has 4 rings (SSSR count). The summed E-state index contributed by atoms with van der Waals surface area (Å²) >= 11 is 0. The molecule has 0 saturated carbocycles. The zero-order chi connectivity index (χ0) is 28.1. The Morgan fingerprint density at radius 2 is 1.79 bits per heavy atom. The summed E-state index contributed by atoms with van der Waals surface area (Å²) in [6.45, 7) is 3.55. The van der Waals surface area contributed by atoms with E-state index in [4.69, 9.17) is 4.74 Å². The SMILES string of the molecule is C[C@H]1NC(=O)C(C2COC2)NC(=O)[C@H](C)[C@H](O)[C@H](Cc2cccnc2)NC(=O)[C@H]1NC(=O)c1ncccc1O. The second-order valence-electron chi connectivity index (χ2n) is 9.86. The minimum Gasteiger partial charge on any atom is -0.505 e. The molecular formula is C26H32N6O7. The zero-order valence-corrected chi connectivity index (χ0v) is 21.5. The number of rotatable bonds is 5. The highest BCUT2D eigenvalue weighted by Crippen LogP contribution is 2.20. The minimum absolute atomic E-state index is 0.140. The van der Waals surface area contributed by atoms with Crippen LogP contribution in [0.4, 0.5) is 0 Å². The minimum atomic E-state index is -1.35. The maximum Gasteiger partial charge on any atom is 0.274 e. The Morgan fingerprint density at radius 1 is 1.05 bits per heavy atom. The fourth-order valence-electron chi connectivity index (χ4n) is 4.53. The maximum absolute atomic E-state index is 13.6. The van der Waals surface area contributed by atoms with Crippen LogP contribution < -0.4 is 21.3 Å². The third-order valence-corrected chi connectivity index (χ3v) is 7.00. The normalized spacial score (nSPS) is 28.5. The molecule has 2 saturated heterocycles. The third-order valence-electron chi connectivity index (χ3n) is 7.00. The van der Waals surface area contributed by atoms with Crippen LogP contribution in [0, 0.1) is 11.8 Å². The van der Waals surface area contributed by atoms with E-state index in [1.54, 1.807) is 24.5 Å². The number of nitrogens with zero attached hydrogens (tertiary/aromatic N) is 2. The van der Waals surface area contributed by atoms with Crippen molar-refractivity contribution in [3.8, 4) is 5.75 Å². The van der Waals surface area contributed by atoms with Crippen LogP contribution >= 0.6 is 0 Å². The van der Waals surface area contributed by atoms with Crippen molar-refractivity contribution in [2.45, 2.75) is 50.5 Å². The lowest BCUT2D eigenvalue weighted by Gasteiger charge is -2.37. The van der Waals surface area contributed by atoms with E-state index in [1.807, 2.05) is 0 Å². The van der Waals surface area contributed by atoms with Gasteiger partial charge in [0.25, 0.3) is 5.91 Å². The van der Waals surface area contributed by atoms with Gasteiger partial charge >= 0.3 is 0 Å². The van der Waals surface area contributed by atoms with Gasteiger partial charge in [0.15, 0.2) is 5.69 Å². The molecule has 13 nitrogen and oxygen atoms in total. The van der Waals surface area contributed by atoms with Crippen LogP contribution in [-0.4, -0.2) is 87.3 Å². The molecule has 2 fully saturated rings. The molecule has 6 atom stereocenters. The lowest BCUT2D eigenvalue weighted by Crippen LogP contribution is -2.65. The first-order valence-electron chi connectivity index (χ1n) is 12.7. The Bertz CT molecular complexity index is 1210. The van der Waals surface area contributed by atoms with Crippen LogP contribution in [-0.2, 0) is 25.5 Å². The molecule has 1 unspecified atom stereocenters. The van der Waals surface area contributed by atoms with Crippen LogP contribution in [0.25, 0.3) is 0 Å². The number of carbonyl (C=O) groups excluding carboxylic acids is 4. The van der Waals surface area contributed by atoms with Crippen LogP contribution in [0.5, 0.6) is 5.75 Å². The van der Waals surface area contributed by atoms with E-state index in [0.29, 0.717) is 5.56 Å². The number of aliphatic hydroxyl groups excluding tert-OH is 1. The van der Waals surface area contributed by atoms with E-state index in [-0.39, 0.29) is 37.0 Å². The van der Waals surface area contributed by atoms with E-state index in [1.165, 1.54) is 32.2 Å². The highest BCUT2D eigenvalue weighted by atomic mass is 16.5. The molecule has 4 amide bonds. The van der Waals surface area contributed by atoms with Gasteiger partial charge in [0, 0.05) is 24.5 Å². The number of aliphatic hydroxyl groups is 1. The standard InChI is InChI=1S/C26H32N6O7/c1-13-22(34)17(9-15-5-3-7-27-10-15)30-24(36)19(31-26(38)21-18(33)6-4-8-28-21)14(2)29-25(37)20(32-23(13)35)16-11-39-12-16/h3-8,10,13-14,16-17,19-20,22,33-34H,9,11-12H2,1-2H3,(H,29,37)(H,30,36)(H,31,38)(H,32,35)/t13-,14-,17+,19+,20?,22+/m1/s1. The number of carbonyl (C=O) groups is 4. The van der Waals surface area contributed by atoms with Crippen molar-refractivity contribution in [2.75, 3.05) is 13.2 Å². The van der Waals surface area contributed by atoms with E-state index in [9.17, 15) is 29.4 Å². The van der Waals surface area contributed by atoms with E-state index in [0.717, 1.165) is 0 Å². The molecule has 0 bridgehead atoms. The molecule has 6 N–H and O–H groups in total. The topological polar surface area (TPSA) is 192 Å². The van der Waals surface area contributed by atoms with Gasteiger partial charge < -0.3 is 36.2 Å². The van der Waals surface area contributed by atoms with Gasteiger partial charge in [0.05, 0.1) is 37.3 Å². The largest absolute Gasteiger partial charge is 0.505 e. The van der Waals surface area contributed by atoms with Crippen molar-refractivity contribution >= 4 is 23.6 Å². The molecule has 13 heteroatoms. The first-order chi connectivity index (χ1) is 18.7. The summed E-state index contributed by atoms with van der Waals surface area (Å²) in [6, 6.07) is 2.00. The van der Waals surface area contributed by atoms with Crippen molar-refractivity contribution in [3.63, 3.8) is 0 Å². The van der Waals surface area contributed by atoms with Crippen molar-refractivity contribution < 1.29 is 34.1 Å². The summed E-state index contributed by atoms with van der Waals surface area (Å²) in [6.07, 6.45) is 3.28. The molecular weight excluding hydrogens is 508 g/mol. The Hall–Kier alpha value is -4.10. The van der Waals surface area contributed by atoms with Gasteiger partial charge in [-0.1, -0.05) is 13.0 Å². The number of nitrogens with one attached hydrogen (secondary N) is 4. The molecule has 208 valence electrons. The number of hydrogen-bond acceptors (Lipinski definition) is 9. The van der Waals surface area contributed by atoms with E-state index >= 15 is 0 Å². The lowest BCUT2D eigenvalue weighted by molar-refractivity contribution is -0.141. The summed E-state index contributed by atoms with van der Waals surface area (Å²) in [4.78, 5) is 60.9. The zero-order valence-electron chi connectivity index (χ0n) is 21.5. The van der Waals surface area contributed by atoms with Crippen LogP contribution in [0.3, 0.4) is 0 Å². The smallest absolute Gasteiger partial charge is 0.274 e. The van der Waals surface area contributed by atoms with Gasteiger partial charge in [-0.15, -0.1) is 0 Å². The molecule has 4 heterocycles. The summed E-state index contributed by atoms with van der Waals surface area (Å²) < 4.78 is 5.22. The Kier molecular flexibility index (Phi) is 8.72. The van der Waals surface area contributed by atoms with Gasteiger partial charge in [-0.2, -0.15) is 0 Å². The maximum atomic E-state index is 13.6. The summed E-state index contributed by atoms with van der Waals surface area (Å²) in [5.74, 6) is -4.35. The number of ether oxygens (including phenoxy) is 1. The van der Waals surface area contributed by atoms with Crippen molar-refractivity contribution in [1.82, 2.24) is 31.2 Å². The monoisotopic (exact) mass is 540 g/mol. The predicted octanol–water partition coefficient (Wildman–Crippen LogP) is -1.35. The summed E-state index contributed by atoms with van der Waals surface area (Å²) in [7, 11) is 0. The first-order valence-corrected chi connectivity index (χ1v) is 12.7. The van der Waals surface area contributed by atoms with Crippen molar-refractivity contribution in [2.24, 2.45) is 11.8 Å². The summed E-state index contributed by atoms with van der Waals surface area (Å²) in [5, 5.41) is 32.0. The van der Waals surface area contributed by atoms with Crippen LogP contribution in [0.2, 0.25) is 0 Å². The number of aromatic hydroxyl groups is 1. The van der Waals surface area contributed by atoms with E-state index < -0.39 is 59.8 Å². The molecule has 2 aromatic rings. The van der Waals surface area contributed by atoms with Gasteiger partial charge in [-0.05, 0) is 37.1 Å². The molecule has 2 aliphatic rings. The average molecular weight is 541 g/mol. The molecule has 0 aromatic carbocycles. The Labute approximate surface area is 224 Å². The predicted molar refractivity (Wildman–Crippen MR) is 136 cm³/mol. The quantitative estimate of drug-likeness (QED) is 0.266. The average Bonchev–Trinajstić information content (AvgIpc) is 2.89. The highest BCUT2D eigenvalue weighted by molar-refractivity contribution is 5.98. The Morgan fingerprint density at radius 3 is 2.44 bits per heavy atom. The van der Waals surface area contributed by atoms with Crippen LogP contribution in [0.15, 0.2) is 42.9 Å². The number of pyridine rings is 2. The van der Waals surface area contributed by atoms with Crippen molar-refractivity contribution in [1.29, 1.82) is 0 Å². The molecule has 0 aliphatic carbocycles. The van der Waals surface area contributed by atoms with Gasteiger partial charge in [-0.3, -0.25) is 24.2 Å². The first kappa shape index (κ1) is 27.9. The highest BCUT2D eigenvalue weighted by Gasteiger charge is 2.41. The number of hydrogen-bond donors (Lipinski definition) is 6. The molecule has 2 aromatic heterocycles. The summed E-state index contributed by atoms with van der Waals surface area (Å²) in [5.41, 5.74) is 0.402. The number of amides is 4. The lowest BCUT2D eigenvalue weighted by atomic mass is 9.90. The second-order valence-corrected chi connectivity index (χ2v) is 9.86. The molecule has 2 aliphatic heterocycles. The van der Waals surface area contributed by atoms with Crippen molar-refractivity contribution in [3.05, 3.63) is 54.1 Å². The van der Waals surface area contributed by atoms with Gasteiger partial charge in [0.2, 0.25) is 17.7 Å². The Balaban J connectivity index is 1.67. The second kappa shape index (κ2) is 12.2. The molecule has 0 radical (unpaired) electrons. The third kappa shape index (κ3) is 6.49. The van der Waals surface area contributed by atoms with E-state index in [2.05, 4.69) is 31.2 Å². The molecule has 0 spiro atoms. The van der Waals surface area contributed by atoms with Gasteiger partial charge in [0.1, 0.15) is 17.8 Å². The molecule has 39 heavy (non-hydrogen) atoms. The fraction of sp³-hybridized carbons (Fsp3) is 0.462. The van der Waals surface area contributed by atoms with Gasteiger partial charge in [-0.25, -0.2) is 4.98 Å².